The molecule has 0 aliphatic rings. The number of hydrogen-bond acceptors (Lipinski definition) is 2. The van der Waals surface area contributed by atoms with E-state index >= 15 is 0 Å². The van der Waals surface area contributed by atoms with Gasteiger partial charge < -0.3 is 6.16 Å². The summed E-state index contributed by atoms with van der Waals surface area (Å²) in [5.74, 6) is -0.444. The van der Waals surface area contributed by atoms with Crippen LogP contribution in [-0.2, 0) is 9.53 Å². The van der Waals surface area contributed by atoms with Crippen LogP contribution in [0.3, 0.4) is 0 Å². The Hall–Kier alpha value is 1.14. The summed E-state index contributed by atoms with van der Waals surface area (Å²) in [7, 11) is 0. The molecule has 0 unspecified atom stereocenters. The summed E-state index contributed by atoms with van der Waals surface area (Å²) in [6, 6.07) is -0.105. The van der Waals surface area contributed by atoms with E-state index in [1.807, 2.05) is 0 Å². The first-order valence-electron chi connectivity index (χ1n) is 2.07. The summed E-state index contributed by atoms with van der Waals surface area (Å²) in [4.78, 5) is 10.3. The number of carbonyl (C=O) groups is 1. The maximum absolute atomic E-state index is 10.3. The van der Waals surface area contributed by atoms with Crippen LogP contribution in [0.5, 0.6) is 0 Å². The van der Waals surface area contributed by atoms with Crippen LogP contribution in [0.25, 0.3) is 0 Å². The van der Waals surface area contributed by atoms with E-state index in [9.17, 15) is 4.79 Å². The van der Waals surface area contributed by atoms with E-state index in [1.54, 1.807) is 6.92 Å². The van der Waals surface area contributed by atoms with Crippen molar-refractivity contribution in [2.75, 3.05) is 6.07 Å². The molecule has 0 bridgehead atoms. The van der Waals surface area contributed by atoms with Crippen molar-refractivity contribution in [3.05, 3.63) is 12.2 Å². The Balaban J connectivity index is -0.000000245. The quantitative estimate of drug-likeness (QED) is 0.219. The second-order valence-corrected chi connectivity index (χ2v) is 1.54. The average Bonchev–Trinajstić information content (AvgIpc) is 1.67. The van der Waals surface area contributed by atoms with Crippen LogP contribution in [0.2, 0.25) is 0 Å². The molecule has 0 N–H and O–H groups in total. The van der Waals surface area contributed by atoms with E-state index < -0.39 is 5.97 Å². The number of carbonyl (C=O) groups excluding carboxylic acids is 1. The molecule has 0 saturated carbocycles. The molecule has 0 rings (SSSR count). The number of rotatable bonds is 2. The standard InChI is InChI=1S/C5H7ClO2.K.H/c1-4(2)5(7)8-3-6;;/h1,3H2,2H3;;/q;+1;-1. The fourth-order valence-electron chi connectivity index (χ4n) is 0.173. The Bertz CT molecular complexity index is 118. The molecule has 0 aromatic heterocycles. The minimum Gasteiger partial charge on any atom is -1.00 e. The van der Waals surface area contributed by atoms with Crippen molar-refractivity contribution in [2.24, 2.45) is 0 Å². The topological polar surface area (TPSA) is 26.3 Å². The number of alkyl halides is 1. The van der Waals surface area contributed by atoms with Crippen LogP contribution in [0, 0.1) is 0 Å². The minimum absolute atomic E-state index is 0. The largest absolute Gasteiger partial charge is 1.00 e. The molecular formula is C5H8ClKO2. The van der Waals surface area contributed by atoms with Crippen LogP contribution < -0.4 is 51.4 Å². The summed E-state index contributed by atoms with van der Waals surface area (Å²) in [6.07, 6.45) is 0. The van der Waals surface area contributed by atoms with Gasteiger partial charge in [0.25, 0.3) is 0 Å². The first kappa shape index (κ1) is 12.8. The van der Waals surface area contributed by atoms with Gasteiger partial charge in [-0.05, 0) is 6.92 Å². The first-order chi connectivity index (χ1) is 3.68. The summed E-state index contributed by atoms with van der Waals surface area (Å²) in [5, 5.41) is 0. The summed E-state index contributed by atoms with van der Waals surface area (Å²) >= 11 is 5.06. The van der Waals surface area contributed by atoms with E-state index in [-0.39, 0.29) is 58.9 Å². The van der Waals surface area contributed by atoms with Crippen LogP contribution in [-0.4, -0.2) is 12.0 Å². The van der Waals surface area contributed by atoms with Gasteiger partial charge in [0.05, 0.1) is 0 Å². The zero-order valence-corrected chi connectivity index (χ0v) is 9.49. The molecule has 0 aromatic carbocycles. The van der Waals surface area contributed by atoms with Gasteiger partial charge in [0.1, 0.15) is 0 Å². The molecule has 4 heteroatoms. The van der Waals surface area contributed by atoms with Gasteiger partial charge in [-0.25, -0.2) is 4.79 Å². The van der Waals surface area contributed by atoms with Gasteiger partial charge in [-0.15, -0.1) is 0 Å². The van der Waals surface area contributed by atoms with Crippen molar-refractivity contribution >= 4 is 17.6 Å². The predicted molar refractivity (Wildman–Crippen MR) is 32.7 cm³/mol. The monoisotopic (exact) mass is 174 g/mol. The van der Waals surface area contributed by atoms with Gasteiger partial charge in [-0.3, -0.25) is 0 Å². The smallest absolute Gasteiger partial charge is 1.00 e. The van der Waals surface area contributed by atoms with Crippen LogP contribution in [0.4, 0.5) is 0 Å². The molecule has 0 aliphatic heterocycles. The van der Waals surface area contributed by atoms with E-state index in [0.29, 0.717) is 5.57 Å². The SMILES string of the molecule is C=C(C)C(=O)OCCl.[H-].[K+]. The fourth-order valence-corrected chi connectivity index (χ4v) is 0.272. The van der Waals surface area contributed by atoms with Crippen molar-refractivity contribution < 1.29 is 62.3 Å². The third-order valence-electron chi connectivity index (χ3n) is 0.534. The first-order valence-corrected chi connectivity index (χ1v) is 2.60. The summed E-state index contributed by atoms with van der Waals surface area (Å²) in [6.45, 7) is 4.90. The van der Waals surface area contributed by atoms with E-state index in [4.69, 9.17) is 11.6 Å². The molecular weight excluding hydrogens is 167 g/mol. The molecule has 0 saturated heterocycles. The Morgan fingerprint density at radius 2 is 2.33 bits per heavy atom. The summed E-state index contributed by atoms with van der Waals surface area (Å²) < 4.78 is 4.33. The Morgan fingerprint density at radius 3 is 2.44 bits per heavy atom. The Kier molecular flexibility index (Phi) is 10.3. The molecule has 0 heterocycles. The number of hydrogen-bond donors (Lipinski definition) is 0. The van der Waals surface area contributed by atoms with E-state index in [2.05, 4.69) is 11.3 Å². The molecule has 0 atom stereocenters. The molecule has 9 heavy (non-hydrogen) atoms. The third kappa shape index (κ3) is 7.03. The van der Waals surface area contributed by atoms with Gasteiger partial charge in [0.15, 0.2) is 6.07 Å². The number of ether oxygens (including phenoxy) is 1. The predicted octanol–water partition coefficient (Wildman–Crippen LogP) is -1.58. The summed E-state index contributed by atoms with van der Waals surface area (Å²) in [5.41, 5.74) is 0.366. The molecule has 0 fully saturated rings. The minimum atomic E-state index is -0.444. The van der Waals surface area contributed by atoms with Crippen LogP contribution in [0.15, 0.2) is 12.2 Å². The average molecular weight is 175 g/mol. The van der Waals surface area contributed by atoms with E-state index in [0.717, 1.165) is 0 Å². The number of esters is 1. The van der Waals surface area contributed by atoms with Crippen molar-refractivity contribution in [2.45, 2.75) is 6.92 Å². The maximum atomic E-state index is 10.3. The van der Waals surface area contributed by atoms with E-state index in [1.165, 1.54) is 0 Å². The maximum Gasteiger partial charge on any atom is 1.00 e. The van der Waals surface area contributed by atoms with Crippen LogP contribution >= 0.6 is 11.6 Å². The van der Waals surface area contributed by atoms with Gasteiger partial charge in [-0.1, -0.05) is 18.2 Å². The number of halogens is 1. The zero-order chi connectivity index (χ0) is 6.57. The van der Waals surface area contributed by atoms with Crippen molar-refractivity contribution in [1.29, 1.82) is 0 Å². The molecule has 48 valence electrons. The van der Waals surface area contributed by atoms with Gasteiger partial charge in [0.2, 0.25) is 0 Å². The second-order valence-electron chi connectivity index (χ2n) is 1.32. The van der Waals surface area contributed by atoms with Crippen molar-refractivity contribution in [3.8, 4) is 0 Å². The van der Waals surface area contributed by atoms with Crippen LogP contribution in [0.1, 0.15) is 8.35 Å². The van der Waals surface area contributed by atoms with Gasteiger partial charge in [-0.2, -0.15) is 0 Å². The van der Waals surface area contributed by atoms with Gasteiger partial charge in [0, 0.05) is 5.57 Å². The molecule has 0 radical (unpaired) electrons. The fraction of sp³-hybridized carbons (Fsp3) is 0.400. The third-order valence-corrected chi connectivity index (χ3v) is 0.643. The van der Waals surface area contributed by atoms with Crippen molar-refractivity contribution in [1.82, 2.24) is 0 Å². The molecule has 2 nitrogen and oxygen atoms in total. The Morgan fingerprint density at radius 1 is 1.89 bits per heavy atom. The van der Waals surface area contributed by atoms with Gasteiger partial charge >= 0.3 is 57.4 Å². The zero-order valence-electron chi connectivity index (χ0n) is 6.61. The second kappa shape index (κ2) is 7.25. The molecule has 0 aliphatic carbocycles. The molecule has 0 spiro atoms. The molecule has 0 aromatic rings. The molecule has 0 amide bonds. The normalized spacial score (nSPS) is 7.33. The van der Waals surface area contributed by atoms with Crippen molar-refractivity contribution in [3.63, 3.8) is 0 Å². The Labute approximate surface area is 103 Å².